The Balaban J connectivity index is 1.79. The minimum atomic E-state index is 1.20. The van der Waals surface area contributed by atoms with Crippen LogP contribution in [0.3, 0.4) is 0 Å². The minimum absolute atomic E-state index is 1.20. The number of aryl methyl sites for hydroxylation is 1. The lowest BCUT2D eigenvalue weighted by atomic mass is 9.99. The SMILES string of the molecule is Cc1cccc2cc(N(C)c3c4ccccc4cc4ccccc34)ccc12. The van der Waals surface area contributed by atoms with Crippen molar-refractivity contribution >= 4 is 43.7 Å². The average Bonchev–Trinajstić information content (AvgIpc) is 2.71. The molecule has 0 atom stereocenters. The van der Waals surface area contributed by atoms with Gasteiger partial charge in [-0.1, -0.05) is 72.8 Å². The molecule has 0 radical (unpaired) electrons. The van der Waals surface area contributed by atoms with E-state index in [1.807, 2.05) is 0 Å². The third-order valence-electron chi connectivity index (χ3n) is 5.55. The second-order valence-electron chi connectivity index (χ2n) is 7.21. The molecule has 0 N–H and O–H groups in total. The fraction of sp³-hybridized carbons (Fsp3) is 0.0769. The molecular weight excluding hydrogens is 326 g/mol. The summed E-state index contributed by atoms with van der Waals surface area (Å²) in [5.41, 5.74) is 3.78. The van der Waals surface area contributed by atoms with Crippen LogP contribution in [0.5, 0.6) is 0 Å². The topological polar surface area (TPSA) is 3.24 Å². The van der Waals surface area contributed by atoms with Crippen LogP contribution in [0.4, 0.5) is 11.4 Å². The van der Waals surface area contributed by atoms with Gasteiger partial charge in [-0.15, -0.1) is 0 Å². The van der Waals surface area contributed by atoms with E-state index in [1.54, 1.807) is 0 Å². The second kappa shape index (κ2) is 6.14. The summed E-state index contributed by atoms with van der Waals surface area (Å²) >= 11 is 0. The molecule has 0 aliphatic rings. The van der Waals surface area contributed by atoms with Crippen LogP contribution in [0.25, 0.3) is 32.3 Å². The smallest absolute Gasteiger partial charge is 0.0567 e. The Hall–Kier alpha value is -3.32. The normalized spacial score (nSPS) is 11.3. The zero-order valence-electron chi connectivity index (χ0n) is 15.6. The van der Waals surface area contributed by atoms with Crippen LogP contribution in [0.15, 0.2) is 91.0 Å². The highest BCUT2D eigenvalue weighted by molar-refractivity contribution is 6.12. The highest BCUT2D eigenvalue weighted by Gasteiger charge is 2.13. The van der Waals surface area contributed by atoms with Crippen molar-refractivity contribution < 1.29 is 0 Å². The van der Waals surface area contributed by atoms with E-state index in [1.165, 1.54) is 49.3 Å². The van der Waals surface area contributed by atoms with Crippen molar-refractivity contribution in [3.8, 4) is 0 Å². The van der Waals surface area contributed by atoms with Crippen molar-refractivity contribution in [2.24, 2.45) is 0 Å². The Morgan fingerprint density at radius 2 is 1.15 bits per heavy atom. The Labute approximate surface area is 159 Å². The first-order valence-corrected chi connectivity index (χ1v) is 9.36. The molecule has 0 saturated carbocycles. The maximum Gasteiger partial charge on any atom is 0.0567 e. The maximum absolute atomic E-state index is 2.33. The van der Waals surface area contributed by atoms with Crippen molar-refractivity contribution in [1.29, 1.82) is 0 Å². The number of nitrogens with zero attached hydrogens (tertiary/aromatic N) is 1. The second-order valence-corrected chi connectivity index (χ2v) is 7.21. The van der Waals surface area contributed by atoms with Gasteiger partial charge >= 0.3 is 0 Å². The predicted octanol–water partition coefficient (Wildman–Crippen LogP) is 7.22. The number of anilines is 2. The molecule has 5 aromatic carbocycles. The van der Waals surface area contributed by atoms with Gasteiger partial charge in [-0.2, -0.15) is 0 Å². The molecule has 0 spiro atoms. The third kappa shape index (κ3) is 2.55. The highest BCUT2D eigenvalue weighted by atomic mass is 15.1. The summed E-state index contributed by atoms with van der Waals surface area (Å²) < 4.78 is 0. The summed E-state index contributed by atoms with van der Waals surface area (Å²) in [6.07, 6.45) is 0. The van der Waals surface area contributed by atoms with Crippen LogP contribution in [0.1, 0.15) is 5.56 Å². The van der Waals surface area contributed by atoms with Gasteiger partial charge < -0.3 is 4.90 Å². The van der Waals surface area contributed by atoms with Crippen LogP contribution < -0.4 is 4.90 Å². The first-order valence-electron chi connectivity index (χ1n) is 9.36. The Bertz CT molecular complexity index is 1250. The van der Waals surface area contributed by atoms with Crippen molar-refractivity contribution in [2.45, 2.75) is 6.92 Å². The summed E-state index contributed by atoms with van der Waals surface area (Å²) in [4.78, 5) is 2.33. The van der Waals surface area contributed by atoms with E-state index in [0.29, 0.717) is 0 Å². The molecule has 0 heterocycles. The molecule has 5 rings (SSSR count). The lowest BCUT2D eigenvalue weighted by Gasteiger charge is -2.24. The molecule has 5 aromatic rings. The van der Waals surface area contributed by atoms with Gasteiger partial charge in [0.15, 0.2) is 0 Å². The van der Waals surface area contributed by atoms with Crippen molar-refractivity contribution in [3.05, 3.63) is 96.6 Å². The number of benzene rings is 5. The van der Waals surface area contributed by atoms with Crippen LogP contribution in [0, 0.1) is 6.92 Å². The maximum atomic E-state index is 2.33. The zero-order chi connectivity index (χ0) is 18.4. The van der Waals surface area contributed by atoms with Gasteiger partial charge in [-0.3, -0.25) is 0 Å². The first kappa shape index (κ1) is 15.9. The van der Waals surface area contributed by atoms with E-state index < -0.39 is 0 Å². The molecule has 1 heteroatoms. The van der Waals surface area contributed by atoms with E-state index in [-0.39, 0.29) is 0 Å². The van der Waals surface area contributed by atoms with Gasteiger partial charge in [0.05, 0.1) is 5.69 Å². The van der Waals surface area contributed by atoms with E-state index in [0.717, 1.165) is 0 Å². The van der Waals surface area contributed by atoms with Gasteiger partial charge in [0.2, 0.25) is 0 Å². The molecule has 130 valence electrons. The van der Waals surface area contributed by atoms with Crippen molar-refractivity contribution in [3.63, 3.8) is 0 Å². The van der Waals surface area contributed by atoms with E-state index in [9.17, 15) is 0 Å². The molecular formula is C26H21N. The van der Waals surface area contributed by atoms with Gasteiger partial charge in [0.1, 0.15) is 0 Å². The zero-order valence-corrected chi connectivity index (χ0v) is 15.6. The largest absolute Gasteiger partial charge is 0.344 e. The van der Waals surface area contributed by atoms with Crippen molar-refractivity contribution in [2.75, 3.05) is 11.9 Å². The van der Waals surface area contributed by atoms with Crippen molar-refractivity contribution in [1.82, 2.24) is 0 Å². The molecule has 0 aliphatic heterocycles. The summed E-state index contributed by atoms with van der Waals surface area (Å²) in [7, 11) is 2.17. The summed E-state index contributed by atoms with van der Waals surface area (Å²) in [6, 6.07) is 32.8. The van der Waals surface area contributed by atoms with Crippen LogP contribution in [0.2, 0.25) is 0 Å². The summed E-state index contributed by atoms with van der Waals surface area (Å²) in [5, 5.41) is 7.71. The first-order chi connectivity index (χ1) is 13.2. The molecule has 0 amide bonds. The lowest BCUT2D eigenvalue weighted by Crippen LogP contribution is -2.10. The molecule has 0 aromatic heterocycles. The van der Waals surface area contributed by atoms with Gasteiger partial charge in [0, 0.05) is 23.5 Å². The molecule has 0 fully saturated rings. The minimum Gasteiger partial charge on any atom is -0.344 e. The molecule has 1 nitrogen and oxygen atoms in total. The average molecular weight is 347 g/mol. The van der Waals surface area contributed by atoms with E-state index >= 15 is 0 Å². The number of hydrogen-bond acceptors (Lipinski definition) is 1. The van der Waals surface area contributed by atoms with E-state index in [4.69, 9.17) is 0 Å². The fourth-order valence-corrected chi connectivity index (χ4v) is 4.12. The molecule has 0 unspecified atom stereocenters. The quantitative estimate of drug-likeness (QED) is 0.305. The van der Waals surface area contributed by atoms with Gasteiger partial charge in [-0.05, 0) is 52.2 Å². The molecule has 0 saturated heterocycles. The summed E-state index contributed by atoms with van der Waals surface area (Å²) in [5.74, 6) is 0. The fourth-order valence-electron chi connectivity index (χ4n) is 4.12. The molecule has 0 aliphatic carbocycles. The van der Waals surface area contributed by atoms with Gasteiger partial charge in [0.25, 0.3) is 0 Å². The monoisotopic (exact) mass is 347 g/mol. The van der Waals surface area contributed by atoms with Crippen LogP contribution in [-0.2, 0) is 0 Å². The number of rotatable bonds is 2. The van der Waals surface area contributed by atoms with E-state index in [2.05, 4.69) is 110 Å². The van der Waals surface area contributed by atoms with Crippen LogP contribution >= 0.6 is 0 Å². The molecule has 27 heavy (non-hydrogen) atoms. The Kier molecular flexibility index (Phi) is 3.61. The lowest BCUT2D eigenvalue weighted by molar-refractivity contribution is 1.24. The third-order valence-corrected chi connectivity index (χ3v) is 5.55. The standard InChI is InChI=1S/C26H21N/c1-18-8-7-11-21-17-22(14-15-23(18)21)27(2)26-24-12-5-3-9-19(24)16-20-10-4-6-13-25(20)26/h3-17H,1-2H3. The molecule has 0 bridgehead atoms. The Morgan fingerprint density at radius 1 is 0.556 bits per heavy atom. The number of fused-ring (bicyclic) bond motifs is 3. The van der Waals surface area contributed by atoms with Gasteiger partial charge in [-0.25, -0.2) is 0 Å². The van der Waals surface area contributed by atoms with Crippen LogP contribution in [-0.4, -0.2) is 7.05 Å². The summed E-state index contributed by atoms with van der Waals surface area (Å²) in [6.45, 7) is 2.17. The Morgan fingerprint density at radius 3 is 1.85 bits per heavy atom. The predicted molar refractivity (Wildman–Crippen MR) is 118 cm³/mol. The number of hydrogen-bond donors (Lipinski definition) is 0. The highest BCUT2D eigenvalue weighted by Crippen LogP contribution is 2.39.